The summed E-state index contributed by atoms with van der Waals surface area (Å²) in [4.78, 5) is 0. The van der Waals surface area contributed by atoms with Crippen molar-refractivity contribution >= 4 is 0 Å². The van der Waals surface area contributed by atoms with E-state index in [1.807, 2.05) is 0 Å². The van der Waals surface area contributed by atoms with Crippen molar-refractivity contribution in [3.8, 4) is 0 Å². The Morgan fingerprint density at radius 1 is 0.625 bits per heavy atom. The van der Waals surface area contributed by atoms with Crippen LogP contribution in [0.5, 0.6) is 0 Å². The van der Waals surface area contributed by atoms with Crippen molar-refractivity contribution in [3.05, 3.63) is 48.6 Å². The van der Waals surface area contributed by atoms with Gasteiger partial charge < -0.3 is 0 Å². The SMILES string of the molecule is C1=CCC=C1.C1=CCC=C1.CCCCCC. The lowest BCUT2D eigenvalue weighted by atomic mass is 10.2. The summed E-state index contributed by atoms with van der Waals surface area (Å²) >= 11 is 0. The number of rotatable bonds is 3. The summed E-state index contributed by atoms with van der Waals surface area (Å²) in [7, 11) is 0. The first-order valence-corrected chi connectivity index (χ1v) is 6.55. The average Bonchev–Trinajstić information content (AvgIpc) is 3.00. The Morgan fingerprint density at radius 2 is 0.938 bits per heavy atom. The molecule has 0 nitrogen and oxygen atoms in total. The van der Waals surface area contributed by atoms with Gasteiger partial charge in [-0.3, -0.25) is 0 Å². The third-order valence-corrected chi connectivity index (χ3v) is 2.27. The predicted octanol–water partition coefficient (Wildman–Crippen LogP) is 5.59. The third kappa shape index (κ3) is 13.0. The molecule has 0 aliphatic heterocycles. The summed E-state index contributed by atoms with van der Waals surface area (Å²) in [5, 5.41) is 0. The monoisotopic (exact) mass is 218 g/mol. The summed E-state index contributed by atoms with van der Waals surface area (Å²) in [6.45, 7) is 4.46. The number of allylic oxidation sites excluding steroid dienone is 8. The molecule has 0 aromatic carbocycles. The van der Waals surface area contributed by atoms with Crippen LogP contribution in [0.3, 0.4) is 0 Å². The molecule has 0 radical (unpaired) electrons. The molecule has 0 fully saturated rings. The van der Waals surface area contributed by atoms with Crippen LogP contribution in [-0.2, 0) is 0 Å². The quantitative estimate of drug-likeness (QED) is 0.541. The van der Waals surface area contributed by atoms with Crippen LogP contribution in [0.1, 0.15) is 52.4 Å². The molecule has 0 saturated carbocycles. The van der Waals surface area contributed by atoms with Gasteiger partial charge in [-0.15, -0.1) is 0 Å². The maximum absolute atomic E-state index is 2.23. The molecule has 0 amide bonds. The van der Waals surface area contributed by atoms with Crippen molar-refractivity contribution in [3.63, 3.8) is 0 Å². The van der Waals surface area contributed by atoms with Crippen LogP contribution < -0.4 is 0 Å². The molecule has 0 N–H and O–H groups in total. The van der Waals surface area contributed by atoms with E-state index in [4.69, 9.17) is 0 Å². The molecule has 0 unspecified atom stereocenters. The van der Waals surface area contributed by atoms with Gasteiger partial charge >= 0.3 is 0 Å². The molecule has 0 heterocycles. The number of hydrogen-bond donors (Lipinski definition) is 0. The van der Waals surface area contributed by atoms with E-state index in [1.54, 1.807) is 0 Å². The Morgan fingerprint density at radius 3 is 1.06 bits per heavy atom. The van der Waals surface area contributed by atoms with Crippen molar-refractivity contribution < 1.29 is 0 Å². The molecule has 2 aliphatic rings. The highest BCUT2D eigenvalue weighted by molar-refractivity contribution is 5.12. The minimum atomic E-state index is 1.14. The zero-order valence-corrected chi connectivity index (χ0v) is 10.9. The molecule has 0 aromatic rings. The lowest BCUT2D eigenvalue weighted by Gasteiger charge is -1.86. The van der Waals surface area contributed by atoms with Gasteiger partial charge in [0.05, 0.1) is 0 Å². The van der Waals surface area contributed by atoms with Crippen LogP contribution >= 0.6 is 0 Å². The minimum absolute atomic E-state index is 1.14. The first kappa shape index (κ1) is 15.0. The molecule has 2 rings (SSSR count). The fraction of sp³-hybridized carbons (Fsp3) is 0.500. The van der Waals surface area contributed by atoms with Crippen molar-refractivity contribution in [2.45, 2.75) is 52.4 Å². The lowest BCUT2D eigenvalue weighted by molar-refractivity contribution is 0.702. The Kier molecular flexibility index (Phi) is 13.1. The summed E-state index contributed by atoms with van der Waals surface area (Å²) in [5.74, 6) is 0. The van der Waals surface area contributed by atoms with Gasteiger partial charge in [0.15, 0.2) is 0 Å². The summed E-state index contributed by atoms with van der Waals surface area (Å²) < 4.78 is 0. The second-order valence-electron chi connectivity index (χ2n) is 3.89. The van der Waals surface area contributed by atoms with E-state index in [0.717, 1.165) is 12.8 Å². The second-order valence-corrected chi connectivity index (χ2v) is 3.89. The van der Waals surface area contributed by atoms with Crippen LogP contribution in [0, 0.1) is 0 Å². The number of unbranched alkanes of at least 4 members (excludes halogenated alkanes) is 3. The van der Waals surface area contributed by atoms with Gasteiger partial charge in [0.2, 0.25) is 0 Å². The first-order valence-electron chi connectivity index (χ1n) is 6.55. The summed E-state index contributed by atoms with van der Waals surface area (Å²) in [5.41, 5.74) is 0. The largest absolute Gasteiger partial charge is 0.0808 e. The van der Waals surface area contributed by atoms with Gasteiger partial charge in [-0.1, -0.05) is 88.1 Å². The maximum atomic E-state index is 2.23. The van der Waals surface area contributed by atoms with Gasteiger partial charge in [0.1, 0.15) is 0 Å². The molecule has 0 spiro atoms. The Balaban J connectivity index is 0.000000211. The van der Waals surface area contributed by atoms with Gasteiger partial charge in [-0.25, -0.2) is 0 Å². The molecule has 0 aromatic heterocycles. The van der Waals surface area contributed by atoms with E-state index < -0.39 is 0 Å². The van der Waals surface area contributed by atoms with E-state index in [9.17, 15) is 0 Å². The first-order chi connectivity index (χ1) is 7.91. The van der Waals surface area contributed by atoms with E-state index in [0.29, 0.717) is 0 Å². The van der Waals surface area contributed by atoms with Crippen LogP contribution in [0.4, 0.5) is 0 Å². The molecule has 0 saturated heterocycles. The molecular formula is C16H26. The summed E-state index contributed by atoms with van der Waals surface area (Å²) in [6.07, 6.45) is 24.5. The van der Waals surface area contributed by atoms with Crippen LogP contribution in [0.2, 0.25) is 0 Å². The topological polar surface area (TPSA) is 0 Å². The van der Waals surface area contributed by atoms with E-state index in [-0.39, 0.29) is 0 Å². The highest BCUT2D eigenvalue weighted by atomic mass is 13.8. The average molecular weight is 218 g/mol. The van der Waals surface area contributed by atoms with Crippen LogP contribution in [0.15, 0.2) is 48.6 Å². The molecular weight excluding hydrogens is 192 g/mol. The highest BCUT2D eigenvalue weighted by Crippen LogP contribution is 1.95. The molecule has 0 atom stereocenters. The lowest BCUT2D eigenvalue weighted by Crippen LogP contribution is -1.66. The molecule has 2 aliphatic carbocycles. The zero-order valence-electron chi connectivity index (χ0n) is 10.9. The normalized spacial score (nSPS) is 14.4. The Hall–Kier alpha value is -1.04. The third-order valence-electron chi connectivity index (χ3n) is 2.27. The van der Waals surface area contributed by atoms with E-state index in [1.165, 1.54) is 25.7 Å². The van der Waals surface area contributed by atoms with Crippen molar-refractivity contribution in [1.82, 2.24) is 0 Å². The van der Waals surface area contributed by atoms with E-state index in [2.05, 4.69) is 62.5 Å². The van der Waals surface area contributed by atoms with Crippen molar-refractivity contribution in [2.75, 3.05) is 0 Å². The van der Waals surface area contributed by atoms with Gasteiger partial charge in [-0.2, -0.15) is 0 Å². The fourth-order valence-corrected chi connectivity index (χ4v) is 1.29. The highest BCUT2D eigenvalue weighted by Gasteiger charge is 1.75. The molecule has 16 heavy (non-hydrogen) atoms. The Labute approximate surface area is 101 Å². The zero-order chi connectivity index (χ0) is 11.9. The van der Waals surface area contributed by atoms with Crippen molar-refractivity contribution in [1.29, 1.82) is 0 Å². The van der Waals surface area contributed by atoms with E-state index >= 15 is 0 Å². The minimum Gasteiger partial charge on any atom is -0.0808 e. The fourth-order valence-electron chi connectivity index (χ4n) is 1.29. The van der Waals surface area contributed by atoms with Crippen molar-refractivity contribution in [2.24, 2.45) is 0 Å². The molecule has 0 heteroatoms. The number of hydrogen-bond acceptors (Lipinski definition) is 0. The Bertz CT molecular complexity index is 182. The van der Waals surface area contributed by atoms with Crippen LogP contribution in [0.25, 0.3) is 0 Å². The smallest absolute Gasteiger partial charge is 0.0163 e. The summed E-state index contributed by atoms with van der Waals surface area (Å²) in [6, 6.07) is 0. The predicted molar refractivity (Wildman–Crippen MR) is 75.6 cm³/mol. The van der Waals surface area contributed by atoms with Gasteiger partial charge in [0, 0.05) is 0 Å². The van der Waals surface area contributed by atoms with Crippen LogP contribution in [-0.4, -0.2) is 0 Å². The molecule has 0 bridgehead atoms. The standard InChI is InChI=1S/C6H14.2C5H6/c1-3-5-6-4-2;2*1-2-4-5-3-1/h3-6H2,1-2H3;2*1-4H,5H2. The second kappa shape index (κ2) is 14.0. The van der Waals surface area contributed by atoms with Gasteiger partial charge in [-0.05, 0) is 12.8 Å². The molecule has 90 valence electrons. The maximum Gasteiger partial charge on any atom is -0.0163 e. The van der Waals surface area contributed by atoms with Gasteiger partial charge in [0.25, 0.3) is 0 Å².